The van der Waals surface area contributed by atoms with Crippen molar-refractivity contribution in [1.82, 2.24) is 15.3 Å². The normalized spacial score (nSPS) is 12.7. The summed E-state index contributed by atoms with van der Waals surface area (Å²) in [5.74, 6) is 1.91. The minimum absolute atomic E-state index is 0.361. The van der Waals surface area contributed by atoms with E-state index >= 15 is 0 Å². The van der Waals surface area contributed by atoms with E-state index in [1.54, 1.807) is 12.3 Å². The Balaban J connectivity index is 1.44. The second-order valence-corrected chi connectivity index (χ2v) is 6.68. The summed E-state index contributed by atoms with van der Waals surface area (Å²) < 4.78 is 5.26. The summed E-state index contributed by atoms with van der Waals surface area (Å²) in [5, 5.41) is 6.79. The lowest BCUT2D eigenvalue weighted by atomic mass is 10.1. The number of aromatic nitrogens is 2. The van der Waals surface area contributed by atoms with E-state index in [1.165, 1.54) is 11.1 Å². The second-order valence-electron chi connectivity index (χ2n) is 5.88. The Morgan fingerprint density at radius 2 is 1.92 bits per heavy atom. The van der Waals surface area contributed by atoms with Crippen LogP contribution in [0, 0.1) is 0 Å². The number of furan rings is 1. The monoisotopic (exact) mass is 385 g/mol. The molecule has 0 bridgehead atoms. The predicted molar refractivity (Wildman–Crippen MR) is 105 cm³/mol. The average Bonchev–Trinajstić information content (AvgIpc) is 3.29. The molecule has 6 nitrogen and oxygen atoms in total. The van der Waals surface area contributed by atoms with Crippen LogP contribution >= 0.6 is 23.8 Å². The highest BCUT2D eigenvalue weighted by Crippen LogP contribution is 2.28. The highest BCUT2D eigenvalue weighted by atomic mass is 35.5. The number of rotatable bonds is 4. The summed E-state index contributed by atoms with van der Waals surface area (Å²) in [6, 6.07) is 13.8. The van der Waals surface area contributed by atoms with Gasteiger partial charge in [0, 0.05) is 19.2 Å². The largest absolute Gasteiger partial charge is 0.467 e. The number of nitrogens with one attached hydrogen (secondary N) is 2. The maximum absolute atomic E-state index is 6.19. The van der Waals surface area contributed by atoms with Crippen LogP contribution in [0.1, 0.15) is 16.9 Å². The fraction of sp³-hybridized carbons (Fsp3) is 0.167. The number of anilines is 2. The van der Waals surface area contributed by atoms with Gasteiger partial charge in [0.05, 0.1) is 12.8 Å². The Hall–Kier alpha value is -2.64. The van der Waals surface area contributed by atoms with Crippen molar-refractivity contribution in [1.29, 1.82) is 0 Å². The minimum Gasteiger partial charge on any atom is -0.467 e. The third-order valence-electron chi connectivity index (χ3n) is 4.07. The van der Waals surface area contributed by atoms with E-state index in [0.29, 0.717) is 22.8 Å². The number of nitrogens with zero attached hydrogens (tertiary/aromatic N) is 3. The summed E-state index contributed by atoms with van der Waals surface area (Å²) >= 11 is 11.5. The number of hydrogen-bond donors (Lipinski definition) is 2. The van der Waals surface area contributed by atoms with Crippen LogP contribution in [0.25, 0.3) is 0 Å². The van der Waals surface area contributed by atoms with Crippen molar-refractivity contribution in [2.24, 2.45) is 0 Å². The fourth-order valence-corrected chi connectivity index (χ4v) is 3.19. The summed E-state index contributed by atoms with van der Waals surface area (Å²) in [4.78, 5) is 10.9. The van der Waals surface area contributed by atoms with Crippen molar-refractivity contribution in [2.45, 2.75) is 19.6 Å². The van der Waals surface area contributed by atoms with E-state index < -0.39 is 0 Å². The van der Waals surface area contributed by atoms with Gasteiger partial charge in [-0.1, -0.05) is 35.9 Å². The van der Waals surface area contributed by atoms with Crippen molar-refractivity contribution >= 4 is 40.7 Å². The Labute approximate surface area is 161 Å². The van der Waals surface area contributed by atoms with Gasteiger partial charge < -0.3 is 20.0 Å². The lowest BCUT2D eigenvalue weighted by molar-refractivity contribution is 0.503. The van der Waals surface area contributed by atoms with Gasteiger partial charge in [0.1, 0.15) is 16.7 Å². The predicted octanol–water partition coefficient (Wildman–Crippen LogP) is 3.73. The van der Waals surface area contributed by atoms with Crippen LogP contribution in [0.4, 0.5) is 11.8 Å². The lowest BCUT2D eigenvalue weighted by Gasteiger charge is -2.18. The number of halogens is 1. The molecular formula is C18H16ClN5OS. The number of thiocarbonyl (C=S) groups is 1. The molecule has 8 heteroatoms. The summed E-state index contributed by atoms with van der Waals surface area (Å²) in [5.41, 5.74) is 2.60. The fourth-order valence-electron chi connectivity index (χ4n) is 2.85. The number of hydrogen-bond acceptors (Lipinski definition) is 5. The molecule has 2 aromatic heterocycles. The van der Waals surface area contributed by atoms with Gasteiger partial charge in [-0.05, 0) is 35.5 Å². The van der Waals surface area contributed by atoms with Crippen molar-refractivity contribution < 1.29 is 4.42 Å². The van der Waals surface area contributed by atoms with Crippen LogP contribution in [0.3, 0.4) is 0 Å². The van der Waals surface area contributed by atoms with Crippen LogP contribution in [0.2, 0.25) is 5.15 Å². The van der Waals surface area contributed by atoms with Crippen LogP contribution in [0.5, 0.6) is 0 Å². The Morgan fingerprint density at radius 3 is 2.62 bits per heavy atom. The van der Waals surface area contributed by atoms with Crippen LogP contribution in [0.15, 0.2) is 53.1 Å². The Kier molecular flexibility index (Phi) is 4.73. The molecule has 0 spiro atoms. The molecule has 0 saturated heterocycles. The minimum atomic E-state index is 0.361. The Bertz CT molecular complexity index is 906. The van der Waals surface area contributed by atoms with Crippen molar-refractivity contribution in [3.8, 4) is 0 Å². The van der Waals surface area contributed by atoms with Crippen LogP contribution in [-0.4, -0.2) is 15.1 Å². The lowest BCUT2D eigenvalue weighted by Crippen LogP contribution is -2.29. The molecule has 26 heavy (non-hydrogen) atoms. The zero-order valence-electron chi connectivity index (χ0n) is 13.8. The molecule has 3 heterocycles. The molecule has 1 aliphatic heterocycles. The first-order valence-electron chi connectivity index (χ1n) is 8.11. The quantitative estimate of drug-likeness (QED) is 0.524. The third kappa shape index (κ3) is 3.79. The molecule has 0 radical (unpaired) electrons. The highest BCUT2D eigenvalue weighted by molar-refractivity contribution is 7.80. The summed E-state index contributed by atoms with van der Waals surface area (Å²) in [6.07, 6.45) is 1.62. The molecule has 132 valence electrons. The van der Waals surface area contributed by atoms with Crippen LogP contribution < -0.4 is 15.5 Å². The van der Waals surface area contributed by atoms with E-state index in [-0.39, 0.29) is 0 Å². The average molecular weight is 386 g/mol. The molecule has 0 amide bonds. The molecular weight excluding hydrogens is 370 g/mol. The number of fused-ring (bicyclic) bond motifs is 1. The molecule has 0 unspecified atom stereocenters. The van der Waals surface area contributed by atoms with Gasteiger partial charge in [-0.2, -0.15) is 4.98 Å². The second kappa shape index (κ2) is 7.31. The van der Waals surface area contributed by atoms with E-state index in [1.807, 2.05) is 24.3 Å². The topological polar surface area (TPSA) is 66.2 Å². The van der Waals surface area contributed by atoms with E-state index in [0.717, 1.165) is 24.7 Å². The standard InChI is InChI=1S/C18H16ClN5OS/c19-15-8-16(24-10-12-4-1-2-5-13(12)11-24)22-17(21-15)23-18(26)20-9-14-6-3-7-25-14/h1-8H,9-11H2,(H2,20,21,22,23,26). The van der Waals surface area contributed by atoms with Crippen molar-refractivity contribution in [2.75, 3.05) is 10.2 Å². The van der Waals surface area contributed by atoms with Gasteiger partial charge in [0.25, 0.3) is 0 Å². The molecule has 0 saturated carbocycles. The van der Waals surface area contributed by atoms with Gasteiger partial charge in [-0.3, -0.25) is 0 Å². The molecule has 3 aromatic rings. The maximum Gasteiger partial charge on any atom is 0.232 e. The Morgan fingerprint density at radius 1 is 1.15 bits per heavy atom. The first kappa shape index (κ1) is 16.8. The summed E-state index contributed by atoms with van der Waals surface area (Å²) in [6.45, 7) is 2.07. The van der Waals surface area contributed by atoms with Gasteiger partial charge in [0.15, 0.2) is 5.11 Å². The molecule has 1 aromatic carbocycles. The molecule has 2 N–H and O–H groups in total. The van der Waals surface area contributed by atoms with E-state index in [9.17, 15) is 0 Å². The molecule has 1 aliphatic rings. The van der Waals surface area contributed by atoms with Gasteiger partial charge in [-0.25, -0.2) is 4.98 Å². The third-order valence-corrected chi connectivity index (χ3v) is 4.51. The molecule has 0 fully saturated rings. The van der Waals surface area contributed by atoms with Crippen molar-refractivity contribution in [3.05, 3.63) is 70.8 Å². The zero-order valence-corrected chi connectivity index (χ0v) is 15.3. The van der Waals surface area contributed by atoms with E-state index in [2.05, 4.69) is 37.6 Å². The first-order chi connectivity index (χ1) is 12.7. The van der Waals surface area contributed by atoms with Gasteiger partial charge >= 0.3 is 0 Å². The SMILES string of the molecule is S=C(NCc1ccco1)Nc1nc(Cl)cc(N2Cc3ccccc3C2)n1. The molecule has 4 rings (SSSR count). The number of benzene rings is 1. The van der Waals surface area contributed by atoms with E-state index in [4.69, 9.17) is 28.2 Å². The first-order valence-corrected chi connectivity index (χ1v) is 8.89. The maximum atomic E-state index is 6.19. The molecule has 0 aliphatic carbocycles. The smallest absolute Gasteiger partial charge is 0.232 e. The zero-order chi connectivity index (χ0) is 17.9. The summed E-state index contributed by atoms with van der Waals surface area (Å²) in [7, 11) is 0. The van der Waals surface area contributed by atoms with Crippen molar-refractivity contribution in [3.63, 3.8) is 0 Å². The molecule has 0 atom stereocenters. The van der Waals surface area contributed by atoms with Crippen LogP contribution in [-0.2, 0) is 19.6 Å². The van der Waals surface area contributed by atoms with Gasteiger partial charge in [-0.15, -0.1) is 0 Å². The highest BCUT2D eigenvalue weighted by Gasteiger charge is 2.20. The van der Waals surface area contributed by atoms with Gasteiger partial charge in [0.2, 0.25) is 5.95 Å².